The highest BCUT2D eigenvalue weighted by atomic mass is 16.3. The number of hydrogen-bond acceptors (Lipinski definition) is 2. The summed E-state index contributed by atoms with van der Waals surface area (Å²) >= 11 is 0. The van der Waals surface area contributed by atoms with Gasteiger partial charge in [-0.15, -0.1) is 0 Å². The summed E-state index contributed by atoms with van der Waals surface area (Å²) in [5.74, 6) is 1.34. The zero-order valence-corrected chi connectivity index (χ0v) is 11.7. The first-order valence-electron chi connectivity index (χ1n) is 6.75. The Bertz CT molecular complexity index is 213. The molecule has 2 heteroatoms. The molecule has 1 rings (SSSR count). The first-order valence-corrected chi connectivity index (χ1v) is 6.75. The van der Waals surface area contributed by atoms with Crippen LogP contribution in [0, 0.1) is 11.8 Å². The van der Waals surface area contributed by atoms with Crippen molar-refractivity contribution < 1.29 is 5.11 Å². The van der Waals surface area contributed by atoms with Gasteiger partial charge in [0.15, 0.2) is 0 Å². The van der Waals surface area contributed by atoms with Crippen molar-refractivity contribution in [3.8, 4) is 0 Å². The molecule has 0 bridgehead atoms. The number of likely N-dealkylation sites (N-methyl/N-ethyl adjacent to an activating group) is 1. The Balaban J connectivity index is 2.62. The molecule has 1 aliphatic rings. The second-order valence-electron chi connectivity index (χ2n) is 6.19. The average Bonchev–Trinajstić information content (AvgIpc) is 2.27. The predicted octanol–water partition coefficient (Wildman–Crippen LogP) is 2.90. The molecule has 0 aromatic carbocycles. The highest BCUT2D eigenvalue weighted by molar-refractivity contribution is 4.92. The Morgan fingerprint density at radius 2 is 1.94 bits per heavy atom. The number of hydrogen-bond donors (Lipinski definition) is 1. The van der Waals surface area contributed by atoms with Gasteiger partial charge in [-0.2, -0.15) is 0 Å². The topological polar surface area (TPSA) is 23.5 Å². The van der Waals surface area contributed by atoms with E-state index < -0.39 is 0 Å². The minimum absolute atomic E-state index is 0.111. The monoisotopic (exact) mass is 227 g/mol. The maximum Gasteiger partial charge on any atom is 0.0746 e. The summed E-state index contributed by atoms with van der Waals surface area (Å²) in [5, 5.41) is 10.5. The van der Waals surface area contributed by atoms with Crippen LogP contribution >= 0.6 is 0 Å². The smallest absolute Gasteiger partial charge is 0.0746 e. The van der Waals surface area contributed by atoms with Crippen LogP contribution in [-0.2, 0) is 0 Å². The molecule has 0 amide bonds. The van der Waals surface area contributed by atoms with E-state index in [1.54, 1.807) is 0 Å². The van der Waals surface area contributed by atoms with Gasteiger partial charge in [0, 0.05) is 5.54 Å². The molecular weight excluding hydrogens is 198 g/mol. The normalized spacial score (nSPS) is 29.4. The second-order valence-corrected chi connectivity index (χ2v) is 6.19. The fraction of sp³-hybridized carbons (Fsp3) is 1.00. The Hall–Kier alpha value is -0.0800. The predicted molar refractivity (Wildman–Crippen MR) is 69.5 cm³/mol. The van der Waals surface area contributed by atoms with Gasteiger partial charge in [-0.05, 0) is 52.6 Å². The molecule has 0 aromatic heterocycles. The lowest BCUT2D eigenvalue weighted by molar-refractivity contribution is -0.0375. The van der Waals surface area contributed by atoms with Crippen LogP contribution in [-0.4, -0.2) is 35.7 Å². The molecule has 0 saturated heterocycles. The zero-order valence-electron chi connectivity index (χ0n) is 11.7. The van der Waals surface area contributed by atoms with Crippen molar-refractivity contribution >= 4 is 0 Å². The van der Waals surface area contributed by atoms with Gasteiger partial charge in [0.25, 0.3) is 0 Å². The molecule has 1 saturated carbocycles. The van der Waals surface area contributed by atoms with Gasteiger partial charge in [-0.3, -0.25) is 0 Å². The van der Waals surface area contributed by atoms with Crippen LogP contribution in [0.4, 0.5) is 0 Å². The van der Waals surface area contributed by atoms with Crippen molar-refractivity contribution in [2.45, 2.75) is 64.5 Å². The quantitative estimate of drug-likeness (QED) is 0.798. The van der Waals surface area contributed by atoms with Crippen molar-refractivity contribution in [1.29, 1.82) is 0 Å². The third kappa shape index (κ3) is 2.98. The van der Waals surface area contributed by atoms with Gasteiger partial charge in [-0.25, -0.2) is 0 Å². The fourth-order valence-corrected chi connectivity index (χ4v) is 2.83. The minimum atomic E-state index is -0.197. The van der Waals surface area contributed by atoms with Gasteiger partial charge < -0.3 is 10.0 Å². The Kier molecular flexibility index (Phi) is 4.81. The molecule has 16 heavy (non-hydrogen) atoms. The summed E-state index contributed by atoms with van der Waals surface area (Å²) in [7, 11) is 4.12. The van der Waals surface area contributed by atoms with E-state index in [-0.39, 0.29) is 11.6 Å². The molecule has 0 aromatic rings. The molecule has 0 radical (unpaired) electrons. The molecule has 1 fully saturated rings. The van der Waals surface area contributed by atoms with E-state index in [1.165, 1.54) is 32.1 Å². The lowest BCUT2D eigenvalue weighted by Crippen LogP contribution is -2.52. The van der Waals surface area contributed by atoms with Crippen LogP contribution in [0.3, 0.4) is 0 Å². The maximum absolute atomic E-state index is 10.5. The van der Waals surface area contributed by atoms with Crippen LogP contribution in [0.5, 0.6) is 0 Å². The molecule has 3 unspecified atom stereocenters. The molecule has 0 aliphatic heterocycles. The number of rotatable bonds is 4. The van der Waals surface area contributed by atoms with E-state index in [2.05, 4.69) is 39.8 Å². The molecule has 96 valence electrons. The third-order valence-corrected chi connectivity index (χ3v) is 4.72. The lowest BCUT2D eigenvalue weighted by Gasteiger charge is -2.43. The van der Waals surface area contributed by atoms with Crippen LogP contribution in [0.15, 0.2) is 0 Å². The Morgan fingerprint density at radius 1 is 1.31 bits per heavy atom. The van der Waals surface area contributed by atoms with E-state index in [1.807, 2.05) is 0 Å². The summed E-state index contributed by atoms with van der Waals surface area (Å²) in [5.41, 5.74) is -0.111. The summed E-state index contributed by atoms with van der Waals surface area (Å²) < 4.78 is 0. The third-order valence-electron chi connectivity index (χ3n) is 4.72. The second kappa shape index (κ2) is 5.50. The average molecular weight is 227 g/mol. The minimum Gasteiger partial charge on any atom is -0.391 e. The molecule has 0 spiro atoms. The van der Waals surface area contributed by atoms with Gasteiger partial charge in [-0.1, -0.05) is 26.2 Å². The van der Waals surface area contributed by atoms with E-state index in [4.69, 9.17) is 0 Å². The Labute approximate surface area is 101 Å². The highest BCUT2D eigenvalue weighted by Gasteiger charge is 2.37. The SMILES string of the molecule is CCC1CCCC(C(O)C(C)(C)N(C)C)C1. The van der Waals surface area contributed by atoms with Crippen molar-refractivity contribution in [1.82, 2.24) is 4.90 Å². The molecular formula is C14H29NO. The van der Waals surface area contributed by atoms with Gasteiger partial charge in [0.05, 0.1) is 6.10 Å². The largest absolute Gasteiger partial charge is 0.391 e. The highest BCUT2D eigenvalue weighted by Crippen LogP contribution is 2.36. The van der Waals surface area contributed by atoms with Crippen molar-refractivity contribution in [3.05, 3.63) is 0 Å². The van der Waals surface area contributed by atoms with Crippen LogP contribution in [0.1, 0.15) is 52.9 Å². The van der Waals surface area contributed by atoms with Crippen LogP contribution in [0.2, 0.25) is 0 Å². The van der Waals surface area contributed by atoms with Crippen molar-refractivity contribution in [2.75, 3.05) is 14.1 Å². The molecule has 1 N–H and O–H groups in total. The number of aliphatic hydroxyl groups excluding tert-OH is 1. The number of nitrogens with zero attached hydrogens (tertiary/aromatic N) is 1. The summed E-state index contributed by atoms with van der Waals surface area (Å²) in [6.07, 6.45) is 6.15. The van der Waals surface area contributed by atoms with Gasteiger partial charge >= 0.3 is 0 Å². The van der Waals surface area contributed by atoms with Crippen molar-refractivity contribution in [2.24, 2.45) is 11.8 Å². The lowest BCUT2D eigenvalue weighted by atomic mass is 9.73. The first-order chi connectivity index (χ1) is 7.39. The molecule has 2 nitrogen and oxygen atoms in total. The van der Waals surface area contributed by atoms with Gasteiger partial charge in [0.2, 0.25) is 0 Å². The van der Waals surface area contributed by atoms with E-state index in [9.17, 15) is 5.11 Å². The summed E-state index contributed by atoms with van der Waals surface area (Å²) in [4.78, 5) is 2.15. The fourth-order valence-electron chi connectivity index (χ4n) is 2.83. The zero-order chi connectivity index (χ0) is 12.3. The van der Waals surface area contributed by atoms with Crippen LogP contribution < -0.4 is 0 Å². The molecule has 0 heterocycles. The van der Waals surface area contributed by atoms with E-state index >= 15 is 0 Å². The van der Waals surface area contributed by atoms with Gasteiger partial charge in [0.1, 0.15) is 0 Å². The standard InChI is InChI=1S/C14H29NO/c1-6-11-8-7-9-12(10-11)13(16)14(2,3)15(4)5/h11-13,16H,6-10H2,1-5H3. The molecule has 1 aliphatic carbocycles. The summed E-state index contributed by atoms with van der Waals surface area (Å²) in [6, 6.07) is 0. The Morgan fingerprint density at radius 3 is 2.44 bits per heavy atom. The maximum atomic E-state index is 10.5. The van der Waals surface area contributed by atoms with Crippen molar-refractivity contribution in [3.63, 3.8) is 0 Å². The van der Waals surface area contributed by atoms with E-state index in [0.717, 1.165) is 5.92 Å². The first kappa shape index (κ1) is 14.0. The van der Waals surface area contributed by atoms with Crippen LogP contribution in [0.25, 0.3) is 0 Å². The summed E-state index contributed by atoms with van der Waals surface area (Å²) in [6.45, 7) is 6.57. The van der Waals surface area contributed by atoms with E-state index in [0.29, 0.717) is 5.92 Å². The number of aliphatic hydroxyl groups is 1. The molecule has 3 atom stereocenters.